The average Bonchev–Trinajstić information content (AvgIpc) is 2.79. The minimum absolute atomic E-state index is 0.0704. The van der Waals surface area contributed by atoms with Crippen LogP contribution in [0.2, 0.25) is 0 Å². The van der Waals surface area contributed by atoms with Gasteiger partial charge in [0, 0.05) is 5.56 Å². The van der Waals surface area contributed by atoms with Crippen molar-refractivity contribution in [2.24, 2.45) is 0 Å². The van der Waals surface area contributed by atoms with E-state index in [4.69, 9.17) is 4.74 Å². The van der Waals surface area contributed by atoms with E-state index in [2.05, 4.69) is 5.32 Å². The number of carbonyl (C=O) groups is 1. The number of carbonyl (C=O) groups excluding carboxylic acids is 1. The van der Waals surface area contributed by atoms with Crippen LogP contribution in [0, 0.1) is 5.82 Å². The number of nitrogens with one attached hydrogen (secondary N) is 1. The number of benzene rings is 2. The molecule has 132 valence electrons. The third-order valence-corrected chi connectivity index (χ3v) is 4.49. The zero-order valence-electron chi connectivity index (χ0n) is 14.2. The minimum atomic E-state index is -1.27. The van der Waals surface area contributed by atoms with Gasteiger partial charge >= 0.3 is 0 Å². The van der Waals surface area contributed by atoms with Crippen LogP contribution in [-0.2, 0) is 10.4 Å². The van der Waals surface area contributed by atoms with Gasteiger partial charge in [0.2, 0.25) is 5.91 Å². The van der Waals surface area contributed by atoms with Crippen molar-refractivity contribution < 1.29 is 19.0 Å². The van der Waals surface area contributed by atoms with Crippen molar-refractivity contribution in [3.8, 4) is 5.75 Å². The lowest BCUT2D eigenvalue weighted by Gasteiger charge is -2.25. The Morgan fingerprint density at radius 2 is 2.04 bits per heavy atom. The van der Waals surface area contributed by atoms with E-state index in [1.54, 1.807) is 31.2 Å². The number of aliphatic hydroxyl groups is 1. The lowest BCUT2D eigenvalue weighted by molar-refractivity contribution is -0.126. The van der Waals surface area contributed by atoms with E-state index >= 15 is 0 Å². The smallest absolute Gasteiger partial charge is 0.223 e. The second-order valence-corrected chi connectivity index (χ2v) is 6.59. The fourth-order valence-electron chi connectivity index (χ4n) is 3.18. The molecule has 1 aliphatic rings. The monoisotopic (exact) mass is 343 g/mol. The molecule has 2 aromatic carbocycles. The second-order valence-electron chi connectivity index (χ2n) is 6.59. The molecule has 25 heavy (non-hydrogen) atoms. The van der Waals surface area contributed by atoms with Crippen LogP contribution in [0.3, 0.4) is 0 Å². The highest BCUT2D eigenvalue weighted by Crippen LogP contribution is 2.34. The Bertz CT molecular complexity index is 746. The van der Waals surface area contributed by atoms with E-state index in [-0.39, 0.29) is 24.1 Å². The Hall–Kier alpha value is -2.40. The van der Waals surface area contributed by atoms with Crippen LogP contribution in [-0.4, -0.2) is 17.6 Å². The zero-order valence-corrected chi connectivity index (χ0v) is 14.2. The molecule has 0 aromatic heterocycles. The van der Waals surface area contributed by atoms with Gasteiger partial charge in [-0.15, -0.1) is 0 Å². The van der Waals surface area contributed by atoms with Crippen LogP contribution >= 0.6 is 0 Å². The van der Waals surface area contributed by atoms with Crippen LogP contribution in [0.15, 0.2) is 48.5 Å². The summed E-state index contributed by atoms with van der Waals surface area (Å²) in [5.74, 6) is -0.494. The fraction of sp³-hybridized carbons (Fsp3) is 0.350. The van der Waals surface area contributed by atoms with E-state index in [1.165, 1.54) is 6.07 Å². The number of hydrogen-bond donors (Lipinski definition) is 2. The highest BCUT2D eigenvalue weighted by atomic mass is 19.1. The average molecular weight is 343 g/mol. The quantitative estimate of drug-likeness (QED) is 0.894. The first kappa shape index (κ1) is 17.4. The molecular weight excluding hydrogens is 321 g/mol. The standard InChI is InChI=1S/C20H22FNO3/c1-20(24,14-7-3-2-4-8-14)13-18(23)22-17-11-6-12-25-19-15(17)9-5-10-16(19)21/h2-5,7-10,17,24H,6,11-13H2,1H3,(H,22,23). The molecule has 3 rings (SSSR count). The normalized spacial score (nSPS) is 19.1. The molecule has 5 heteroatoms. The van der Waals surface area contributed by atoms with E-state index < -0.39 is 11.4 Å². The topological polar surface area (TPSA) is 58.6 Å². The van der Waals surface area contributed by atoms with Gasteiger partial charge in [0.05, 0.1) is 24.7 Å². The molecule has 2 unspecified atom stereocenters. The number of amides is 1. The SMILES string of the molecule is CC(O)(CC(=O)NC1CCCOc2c(F)cccc21)c1ccccc1. The lowest BCUT2D eigenvalue weighted by atomic mass is 9.92. The molecule has 2 N–H and O–H groups in total. The molecule has 0 saturated heterocycles. The fourth-order valence-corrected chi connectivity index (χ4v) is 3.18. The summed E-state index contributed by atoms with van der Waals surface area (Å²) in [4.78, 5) is 12.5. The minimum Gasteiger partial charge on any atom is -0.490 e. The van der Waals surface area contributed by atoms with Crippen LogP contribution < -0.4 is 10.1 Å². The molecule has 1 aliphatic heterocycles. The van der Waals surface area contributed by atoms with Crippen molar-refractivity contribution >= 4 is 5.91 Å². The van der Waals surface area contributed by atoms with Gasteiger partial charge in [0.25, 0.3) is 0 Å². The third kappa shape index (κ3) is 3.99. The van der Waals surface area contributed by atoms with E-state index in [0.717, 1.165) is 0 Å². The molecule has 1 heterocycles. The van der Waals surface area contributed by atoms with Crippen LogP contribution in [0.4, 0.5) is 4.39 Å². The largest absolute Gasteiger partial charge is 0.490 e. The van der Waals surface area contributed by atoms with Crippen LogP contribution in [0.5, 0.6) is 5.75 Å². The van der Waals surface area contributed by atoms with Gasteiger partial charge in [-0.1, -0.05) is 42.5 Å². The molecule has 0 saturated carbocycles. The molecule has 0 bridgehead atoms. The van der Waals surface area contributed by atoms with Crippen molar-refractivity contribution in [1.82, 2.24) is 5.32 Å². The first-order chi connectivity index (χ1) is 12.0. The first-order valence-electron chi connectivity index (χ1n) is 8.46. The second kappa shape index (κ2) is 7.23. The highest BCUT2D eigenvalue weighted by molar-refractivity contribution is 5.78. The van der Waals surface area contributed by atoms with Crippen molar-refractivity contribution in [3.63, 3.8) is 0 Å². The number of hydrogen-bond acceptors (Lipinski definition) is 3. The number of fused-ring (bicyclic) bond motifs is 1. The van der Waals surface area contributed by atoms with Crippen molar-refractivity contribution in [3.05, 3.63) is 65.5 Å². The number of ether oxygens (including phenoxy) is 1. The van der Waals surface area contributed by atoms with Gasteiger partial charge in [-0.2, -0.15) is 0 Å². The summed E-state index contributed by atoms with van der Waals surface area (Å²) in [6.07, 6.45) is 1.31. The van der Waals surface area contributed by atoms with Gasteiger partial charge in [-0.25, -0.2) is 4.39 Å². The molecule has 2 atom stereocenters. The number of halogens is 1. The van der Waals surface area contributed by atoms with Crippen LogP contribution in [0.25, 0.3) is 0 Å². The molecule has 4 nitrogen and oxygen atoms in total. The van der Waals surface area contributed by atoms with Crippen molar-refractivity contribution in [1.29, 1.82) is 0 Å². The van der Waals surface area contributed by atoms with Gasteiger partial charge in [0.15, 0.2) is 11.6 Å². The number of rotatable bonds is 4. The Kier molecular flexibility index (Phi) is 5.04. The highest BCUT2D eigenvalue weighted by Gasteiger charge is 2.29. The van der Waals surface area contributed by atoms with Gasteiger partial charge in [-0.05, 0) is 31.4 Å². The first-order valence-corrected chi connectivity index (χ1v) is 8.46. The van der Waals surface area contributed by atoms with Crippen molar-refractivity contribution in [2.75, 3.05) is 6.61 Å². The molecular formula is C20H22FNO3. The van der Waals surface area contributed by atoms with Crippen LogP contribution in [0.1, 0.15) is 43.4 Å². The van der Waals surface area contributed by atoms with E-state index in [1.807, 2.05) is 18.2 Å². The Morgan fingerprint density at radius 3 is 2.80 bits per heavy atom. The van der Waals surface area contributed by atoms with Gasteiger partial charge < -0.3 is 15.2 Å². The summed E-state index contributed by atoms with van der Waals surface area (Å²) in [5.41, 5.74) is 0.0585. The summed E-state index contributed by atoms with van der Waals surface area (Å²) in [6, 6.07) is 13.5. The van der Waals surface area contributed by atoms with Crippen molar-refractivity contribution in [2.45, 2.75) is 37.8 Å². The third-order valence-electron chi connectivity index (χ3n) is 4.49. The maximum absolute atomic E-state index is 14.0. The maximum atomic E-state index is 14.0. The summed E-state index contributed by atoms with van der Waals surface area (Å²) in [5, 5.41) is 13.6. The summed E-state index contributed by atoms with van der Waals surface area (Å²) in [6.45, 7) is 2.04. The summed E-state index contributed by atoms with van der Waals surface area (Å²) >= 11 is 0. The maximum Gasteiger partial charge on any atom is 0.223 e. The summed E-state index contributed by atoms with van der Waals surface area (Å²) < 4.78 is 19.5. The Labute approximate surface area is 146 Å². The molecule has 0 radical (unpaired) electrons. The summed E-state index contributed by atoms with van der Waals surface area (Å²) in [7, 11) is 0. The number of para-hydroxylation sites is 1. The molecule has 0 aliphatic carbocycles. The lowest BCUT2D eigenvalue weighted by Crippen LogP contribution is -2.35. The Morgan fingerprint density at radius 1 is 1.28 bits per heavy atom. The van der Waals surface area contributed by atoms with Gasteiger partial charge in [-0.3, -0.25) is 4.79 Å². The molecule has 1 amide bonds. The molecule has 2 aromatic rings. The zero-order chi connectivity index (χ0) is 17.9. The van der Waals surface area contributed by atoms with E-state index in [9.17, 15) is 14.3 Å². The van der Waals surface area contributed by atoms with Gasteiger partial charge in [0.1, 0.15) is 0 Å². The predicted molar refractivity (Wildman–Crippen MR) is 92.6 cm³/mol. The Balaban J connectivity index is 1.74. The predicted octanol–water partition coefficient (Wildman–Crippen LogP) is 3.45. The van der Waals surface area contributed by atoms with E-state index in [0.29, 0.717) is 30.6 Å². The molecule has 0 spiro atoms. The molecule has 0 fully saturated rings.